The molecule has 0 radical (unpaired) electrons. The smallest absolute Gasteiger partial charge is 0.0994 e. The molecule has 1 aromatic heterocycles. The molecule has 1 heterocycles. The molecule has 2 rings (SSSR count). The van der Waals surface area contributed by atoms with Gasteiger partial charge < -0.3 is 0 Å². The summed E-state index contributed by atoms with van der Waals surface area (Å²) < 4.78 is 1.33. The first-order chi connectivity index (χ1) is 9.02. The van der Waals surface area contributed by atoms with Gasteiger partial charge in [-0.05, 0) is 29.5 Å². The quantitative estimate of drug-likeness (QED) is 0.534. The van der Waals surface area contributed by atoms with Crippen LogP contribution in [0.25, 0.3) is 0 Å². The van der Waals surface area contributed by atoms with E-state index in [2.05, 4.69) is 38.1 Å². The number of hydrogen-bond donors (Lipinski definition) is 0. The maximum Gasteiger partial charge on any atom is 0.0994 e. The van der Waals surface area contributed by atoms with Crippen molar-refractivity contribution in [3.63, 3.8) is 0 Å². The van der Waals surface area contributed by atoms with Crippen molar-refractivity contribution in [1.29, 1.82) is 0 Å². The molecule has 0 aliphatic carbocycles. The fourth-order valence-electron chi connectivity index (χ4n) is 1.93. The highest BCUT2D eigenvalue weighted by Crippen LogP contribution is 2.40. The number of hydrogen-bond acceptors (Lipinski definition) is 1. The Hall–Kier alpha value is -0.210. The van der Waals surface area contributed by atoms with Crippen LogP contribution in [0.2, 0.25) is 8.67 Å². The highest BCUT2D eigenvalue weighted by Gasteiger charge is 2.17. The van der Waals surface area contributed by atoms with Gasteiger partial charge in [0.2, 0.25) is 0 Å². The molecule has 0 aliphatic rings. The van der Waals surface area contributed by atoms with E-state index < -0.39 is 0 Å². The van der Waals surface area contributed by atoms with Gasteiger partial charge in [-0.1, -0.05) is 61.3 Å². The van der Waals surface area contributed by atoms with Crippen molar-refractivity contribution in [3.8, 4) is 0 Å². The Kier molecular flexibility index (Phi) is 5.19. The van der Waals surface area contributed by atoms with Gasteiger partial charge in [0, 0.05) is 5.56 Å². The standard InChI is InChI=1S/C15H15Cl3S/c1-3-9(2)10-4-6-11(7-5-10)14(17)12-8-13(16)19-15(12)18/h4-9,14H,3H2,1-2H3. The summed E-state index contributed by atoms with van der Waals surface area (Å²) >= 11 is 19.9. The minimum atomic E-state index is -0.248. The van der Waals surface area contributed by atoms with Gasteiger partial charge in [-0.15, -0.1) is 22.9 Å². The van der Waals surface area contributed by atoms with Crippen LogP contribution in [0.3, 0.4) is 0 Å². The third-order valence-electron chi connectivity index (χ3n) is 3.37. The van der Waals surface area contributed by atoms with E-state index in [1.165, 1.54) is 16.9 Å². The lowest BCUT2D eigenvalue weighted by atomic mass is 9.96. The Morgan fingerprint density at radius 3 is 2.16 bits per heavy atom. The van der Waals surface area contributed by atoms with E-state index in [9.17, 15) is 0 Å². The average Bonchev–Trinajstić information content (AvgIpc) is 2.76. The van der Waals surface area contributed by atoms with Crippen LogP contribution >= 0.6 is 46.1 Å². The molecule has 1 aromatic carbocycles. The number of benzene rings is 1. The topological polar surface area (TPSA) is 0 Å². The minimum Gasteiger partial charge on any atom is -0.113 e. The van der Waals surface area contributed by atoms with Crippen molar-refractivity contribution < 1.29 is 0 Å². The third-order valence-corrected chi connectivity index (χ3v) is 5.37. The van der Waals surface area contributed by atoms with E-state index in [0.29, 0.717) is 14.6 Å². The average molecular weight is 334 g/mol. The zero-order valence-corrected chi connectivity index (χ0v) is 13.9. The molecule has 0 nitrogen and oxygen atoms in total. The molecule has 2 atom stereocenters. The number of halogens is 3. The van der Waals surface area contributed by atoms with Crippen molar-refractivity contribution in [3.05, 3.63) is 55.7 Å². The van der Waals surface area contributed by atoms with Gasteiger partial charge in [-0.2, -0.15) is 0 Å². The molecule has 0 amide bonds. The summed E-state index contributed by atoms with van der Waals surface area (Å²) in [5, 5.41) is -0.248. The van der Waals surface area contributed by atoms with Crippen molar-refractivity contribution in [2.24, 2.45) is 0 Å². The van der Waals surface area contributed by atoms with Crippen LogP contribution in [-0.4, -0.2) is 0 Å². The lowest BCUT2D eigenvalue weighted by Gasteiger charge is -2.12. The Bertz CT molecular complexity index is 545. The minimum absolute atomic E-state index is 0.248. The maximum atomic E-state index is 6.48. The monoisotopic (exact) mass is 332 g/mol. The summed E-state index contributed by atoms with van der Waals surface area (Å²) in [6, 6.07) is 10.3. The van der Waals surface area contributed by atoms with Gasteiger partial charge in [0.05, 0.1) is 14.0 Å². The second-order valence-corrected chi connectivity index (χ2v) is 7.34. The maximum absolute atomic E-state index is 6.48. The SMILES string of the molecule is CCC(C)c1ccc(C(Cl)c2cc(Cl)sc2Cl)cc1. The number of rotatable bonds is 4. The molecule has 0 aliphatic heterocycles. The van der Waals surface area contributed by atoms with Crippen molar-refractivity contribution in [2.45, 2.75) is 31.6 Å². The van der Waals surface area contributed by atoms with Crippen LogP contribution in [0.1, 0.15) is 48.3 Å². The number of thiophene rings is 1. The molecular weight excluding hydrogens is 319 g/mol. The van der Waals surface area contributed by atoms with E-state index in [-0.39, 0.29) is 5.38 Å². The Labute approximate surface area is 133 Å². The van der Waals surface area contributed by atoms with Gasteiger partial charge in [-0.3, -0.25) is 0 Å². The van der Waals surface area contributed by atoms with Gasteiger partial charge in [0.15, 0.2) is 0 Å². The van der Waals surface area contributed by atoms with Crippen molar-refractivity contribution >= 4 is 46.1 Å². The molecule has 0 bridgehead atoms. The lowest BCUT2D eigenvalue weighted by Crippen LogP contribution is -1.95. The lowest BCUT2D eigenvalue weighted by molar-refractivity contribution is 0.733. The Morgan fingerprint density at radius 2 is 1.68 bits per heavy atom. The predicted octanol–water partition coefficient (Wildman–Crippen LogP) is 6.90. The Morgan fingerprint density at radius 1 is 1.11 bits per heavy atom. The molecule has 0 fully saturated rings. The fraction of sp³-hybridized carbons (Fsp3) is 0.333. The van der Waals surface area contributed by atoms with E-state index in [4.69, 9.17) is 34.8 Å². The first-order valence-corrected chi connectivity index (χ1v) is 8.22. The van der Waals surface area contributed by atoms with Gasteiger partial charge in [0.1, 0.15) is 0 Å². The van der Waals surface area contributed by atoms with E-state index >= 15 is 0 Å². The summed E-state index contributed by atoms with van der Waals surface area (Å²) in [4.78, 5) is 0. The molecular formula is C15H15Cl3S. The van der Waals surface area contributed by atoms with Crippen LogP contribution in [0.4, 0.5) is 0 Å². The molecule has 4 heteroatoms. The molecule has 2 aromatic rings. The van der Waals surface area contributed by atoms with E-state index in [1.54, 1.807) is 0 Å². The second kappa shape index (κ2) is 6.49. The number of alkyl halides is 1. The summed E-state index contributed by atoms with van der Waals surface area (Å²) in [6.45, 7) is 4.42. The summed E-state index contributed by atoms with van der Waals surface area (Å²) in [5.74, 6) is 0.571. The van der Waals surface area contributed by atoms with Crippen LogP contribution in [0, 0.1) is 0 Å². The molecule has 0 saturated carbocycles. The van der Waals surface area contributed by atoms with Gasteiger partial charge in [-0.25, -0.2) is 0 Å². The summed E-state index contributed by atoms with van der Waals surface area (Å²) in [6.07, 6.45) is 1.13. The fourth-order valence-corrected chi connectivity index (χ4v) is 3.90. The third kappa shape index (κ3) is 3.46. The molecule has 0 N–H and O–H groups in total. The second-order valence-electron chi connectivity index (χ2n) is 4.62. The highest BCUT2D eigenvalue weighted by molar-refractivity contribution is 7.20. The Balaban J connectivity index is 2.25. The van der Waals surface area contributed by atoms with Crippen LogP contribution in [-0.2, 0) is 0 Å². The van der Waals surface area contributed by atoms with Crippen LogP contribution in [0.15, 0.2) is 30.3 Å². The molecule has 2 unspecified atom stereocenters. The highest BCUT2D eigenvalue weighted by atomic mass is 35.5. The first-order valence-electron chi connectivity index (χ1n) is 6.21. The largest absolute Gasteiger partial charge is 0.113 e. The van der Waals surface area contributed by atoms with Crippen LogP contribution < -0.4 is 0 Å². The summed E-state index contributed by atoms with van der Waals surface area (Å²) in [7, 11) is 0. The zero-order chi connectivity index (χ0) is 14.0. The van der Waals surface area contributed by atoms with Gasteiger partial charge >= 0.3 is 0 Å². The molecule has 102 valence electrons. The van der Waals surface area contributed by atoms with Gasteiger partial charge in [0.25, 0.3) is 0 Å². The normalized spacial score (nSPS) is 14.4. The molecule has 0 saturated heterocycles. The molecule has 0 spiro atoms. The predicted molar refractivity (Wildman–Crippen MR) is 87.2 cm³/mol. The first kappa shape index (κ1) is 15.2. The van der Waals surface area contributed by atoms with E-state index in [1.807, 2.05) is 6.07 Å². The van der Waals surface area contributed by atoms with Crippen molar-refractivity contribution in [2.75, 3.05) is 0 Å². The van der Waals surface area contributed by atoms with Crippen molar-refractivity contribution in [1.82, 2.24) is 0 Å². The molecule has 19 heavy (non-hydrogen) atoms. The van der Waals surface area contributed by atoms with Crippen LogP contribution in [0.5, 0.6) is 0 Å². The summed E-state index contributed by atoms with van der Waals surface area (Å²) in [5.41, 5.74) is 3.27. The van der Waals surface area contributed by atoms with E-state index in [0.717, 1.165) is 17.5 Å². The zero-order valence-electron chi connectivity index (χ0n) is 10.8.